The van der Waals surface area contributed by atoms with Crippen molar-refractivity contribution in [1.82, 2.24) is 4.90 Å². The average Bonchev–Trinajstić information content (AvgIpc) is 2.66. The summed E-state index contributed by atoms with van der Waals surface area (Å²) in [5.74, 6) is 1.36. The van der Waals surface area contributed by atoms with Crippen molar-refractivity contribution in [3.8, 4) is 11.5 Å². The molecule has 1 unspecified atom stereocenters. The highest BCUT2D eigenvalue weighted by molar-refractivity contribution is 5.66. The zero-order valence-corrected chi connectivity index (χ0v) is 15.1. The number of nitrogens with zero attached hydrogens (tertiary/aromatic N) is 2. The average molecular weight is 356 g/mol. The van der Waals surface area contributed by atoms with E-state index in [-0.39, 0.29) is 6.04 Å². The highest BCUT2D eigenvalue weighted by atomic mass is 16.5. The van der Waals surface area contributed by atoms with Gasteiger partial charge in [0.2, 0.25) is 0 Å². The number of hydrogen-bond acceptors (Lipinski definition) is 4. The Morgan fingerprint density at radius 2 is 1.92 bits per heavy atom. The van der Waals surface area contributed by atoms with Crippen molar-refractivity contribution in [3.63, 3.8) is 0 Å². The summed E-state index contributed by atoms with van der Waals surface area (Å²) in [4.78, 5) is 14.9. The summed E-state index contributed by atoms with van der Waals surface area (Å²) in [5, 5.41) is 9.21. The molecule has 0 bridgehead atoms. The van der Waals surface area contributed by atoms with Crippen molar-refractivity contribution in [2.24, 2.45) is 0 Å². The number of rotatable bonds is 5. The number of carbonyl (C=O) groups is 1. The van der Waals surface area contributed by atoms with Gasteiger partial charge in [0, 0.05) is 37.4 Å². The number of carboxylic acid groups (broad SMARTS) is 1. The van der Waals surface area contributed by atoms with Gasteiger partial charge in [-0.15, -0.1) is 0 Å². The van der Waals surface area contributed by atoms with Crippen LogP contribution in [-0.4, -0.2) is 48.9 Å². The summed E-state index contributed by atoms with van der Waals surface area (Å²) in [6.07, 6.45) is -0.862. The quantitative estimate of drug-likeness (QED) is 0.889. The monoisotopic (exact) mass is 356 g/mol. The molecule has 1 saturated heterocycles. The molecule has 6 heteroatoms. The Morgan fingerprint density at radius 3 is 2.58 bits per heavy atom. The molecular formula is C20H24N2O4. The molecule has 0 aliphatic carbocycles. The van der Waals surface area contributed by atoms with Crippen LogP contribution in [0.5, 0.6) is 11.5 Å². The lowest BCUT2D eigenvalue weighted by Gasteiger charge is -2.39. The minimum Gasteiger partial charge on any atom is -0.493 e. The fraction of sp³-hybridized carbons (Fsp3) is 0.350. The molecule has 6 nitrogen and oxygen atoms in total. The van der Waals surface area contributed by atoms with Crippen molar-refractivity contribution in [3.05, 3.63) is 54.1 Å². The van der Waals surface area contributed by atoms with Crippen LogP contribution < -0.4 is 14.4 Å². The molecule has 2 aromatic carbocycles. The maximum Gasteiger partial charge on any atom is 0.407 e. The lowest BCUT2D eigenvalue weighted by atomic mass is 10.1. The van der Waals surface area contributed by atoms with Crippen LogP contribution >= 0.6 is 0 Å². The molecule has 0 aromatic heterocycles. The van der Waals surface area contributed by atoms with E-state index in [1.165, 1.54) is 4.90 Å². The standard InChI is InChI=1S/C20H24N2O4/c1-15-13-21(10-11-22(15)20(23)24)17-8-9-18(19(12-17)25-2)26-14-16-6-4-3-5-7-16/h3-9,12,15H,10-11,13-14H2,1-2H3,(H,23,24). The fourth-order valence-electron chi connectivity index (χ4n) is 3.18. The Bertz CT molecular complexity index is 751. The van der Waals surface area contributed by atoms with Crippen LogP contribution in [0.1, 0.15) is 12.5 Å². The van der Waals surface area contributed by atoms with E-state index in [0.717, 1.165) is 11.3 Å². The molecule has 1 aliphatic rings. The minimum absolute atomic E-state index is 0.0544. The van der Waals surface area contributed by atoms with Crippen molar-refractivity contribution < 1.29 is 19.4 Å². The molecule has 1 amide bonds. The van der Waals surface area contributed by atoms with Crippen molar-refractivity contribution >= 4 is 11.8 Å². The van der Waals surface area contributed by atoms with Gasteiger partial charge in [0.25, 0.3) is 0 Å². The van der Waals surface area contributed by atoms with Crippen molar-refractivity contribution in [1.29, 1.82) is 0 Å². The number of amides is 1. The van der Waals surface area contributed by atoms with Crippen LogP contribution in [0.25, 0.3) is 0 Å². The van der Waals surface area contributed by atoms with Gasteiger partial charge in [-0.25, -0.2) is 4.79 Å². The molecule has 1 aliphatic heterocycles. The summed E-state index contributed by atoms with van der Waals surface area (Å²) in [6.45, 7) is 4.20. The van der Waals surface area contributed by atoms with Gasteiger partial charge in [-0.2, -0.15) is 0 Å². The van der Waals surface area contributed by atoms with E-state index in [1.807, 2.05) is 55.5 Å². The number of ether oxygens (including phenoxy) is 2. The number of anilines is 1. The Labute approximate surface area is 153 Å². The molecule has 1 fully saturated rings. The first kappa shape index (κ1) is 17.9. The van der Waals surface area contributed by atoms with Gasteiger partial charge < -0.3 is 24.4 Å². The topological polar surface area (TPSA) is 62.2 Å². The third kappa shape index (κ3) is 4.02. The van der Waals surface area contributed by atoms with E-state index in [9.17, 15) is 9.90 Å². The van der Waals surface area contributed by atoms with E-state index < -0.39 is 6.09 Å². The molecule has 1 N–H and O–H groups in total. The van der Waals surface area contributed by atoms with Crippen molar-refractivity contribution in [2.45, 2.75) is 19.6 Å². The molecule has 1 heterocycles. The molecule has 0 saturated carbocycles. The van der Waals surface area contributed by atoms with E-state index >= 15 is 0 Å². The Balaban J connectivity index is 1.69. The van der Waals surface area contributed by atoms with Crippen LogP contribution in [-0.2, 0) is 6.61 Å². The highest BCUT2D eigenvalue weighted by Gasteiger charge is 2.27. The molecule has 0 spiro atoms. The third-order valence-corrected chi connectivity index (χ3v) is 4.62. The first-order valence-electron chi connectivity index (χ1n) is 8.67. The lowest BCUT2D eigenvalue weighted by Crippen LogP contribution is -2.53. The van der Waals surface area contributed by atoms with Crippen LogP contribution in [0, 0.1) is 0 Å². The zero-order chi connectivity index (χ0) is 18.5. The van der Waals surface area contributed by atoms with Crippen LogP contribution in [0.4, 0.5) is 10.5 Å². The third-order valence-electron chi connectivity index (χ3n) is 4.62. The van der Waals surface area contributed by atoms with E-state index in [4.69, 9.17) is 9.47 Å². The summed E-state index contributed by atoms with van der Waals surface area (Å²) < 4.78 is 11.4. The second-order valence-corrected chi connectivity index (χ2v) is 6.38. The highest BCUT2D eigenvalue weighted by Crippen LogP contribution is 2.33. The maximum atomic E-state index is 11.2. The second kappa shape index (κ2) is 7.99. The zero-order valence-electron chi connectivity index (χ0n) is 15.1. The Kier molecular flexibility index (Phi) is 5.51. The smallest absolute Gasteiger partial charge is 0.407 e. The summed E-state index contributed by atoms with van der Waals surface area (Å²) in [7, 11) is 1.62. The summed E-state index contributed by atoms with van der Waals surface area (Å²) >= 11 is 0. The largest absolute Gasteiger partial charge is 0.493 e. The number of methoxy groups -OCH3 is 1. The molecule has 0 radical (unpaired) electrons. The fourth-order valence-corrected chi connectivity index (χ4v) is 3.18. The summed E-state index contributed by atoms with van der Waals surface area (Å²) in [6, 6.07) is 15.8. The molecule has 3 rings (SSSR count). The van der Waals surface area contributed by atoms with Crippen LogP contribution in [0.2, 0.25) is 0 Å². The second-order valence-electron chi connectivity index (χ2n) is 6.38. The normalized spacial score (nSPS) is 17.1. The molecular weight excluding hydrogens is 332 g/mol. The van der Waals surface area contributed by atoms with E-state index in [1.54, 1.807) is 7.11 Å². The van der Waals surface area contributed by atoms with Gasteiger partial charge in [0.15, 0.2) is 11.5 Å². The molecule has 1 atom stereocenters. The molecule has 26 heavy (non-hydrogen) atoms. The van der Waals surface area contributed by atoms with Gasteiger partial charge in [0.1, 0.15) is 6.61 Å². The van der Waals surface area contributed by atoms with E-state index in [2.05, 4.69) is 4.90 Å². The minimum atomic E-state index is -0.862. The Hall–Kier alpha value is -2.89. The number of hydrogen-bond donors (Lipinski definition) is 1. The Morgan fingerprint density at radius 1 is 1.15 bits per heavy atom. The van der Waals surface area contributed by atoms with Gasteiger partial charge in [-0.3, -0.25) is 0 Å². The molecule has 138 valence electrons. The van der Waals surface area contributed by atoms with E-state index in [0.29, 0.717) is 37.7 Å². The predicted molar refractivity (Wildman–Crippen MR) is 100 cm³/mol. The first-order chi connectivity index (χ1) is 12.6. The van der Waals surface area contributed by atoms with Gasteiger partial charge in [-0.05, 0) is 24.6 Å². The van der Waals surface area contributed by atoms with Gasteiger partial charge in [0.05, 0.1) is 7.11 Å². The number of benzene rings is 2. The van der Waals surface area contributed by atoms with Gasteiger partial charge >= 0.3 is 6.09 Å². The SMILES string of the molecule is COc1cc(N2CCN(C(=O)O)C(C)C2)ccc1OCc1ccccc1. The molecule has 2 aromatic rings. The first-order valence-corrected chi connectivity index (χ1v) is 8.67. The maximum absolute atomic E-state index is 11.2. The summed E-state index contributed by atoms with van der Waals surface area (Å²) in [5.41, 5.74) is 2.10. The number of piperazine rings is 1. The van der Waals surface area contributed by atoms with Crippen LogP contribution in [0.3, 0.4) is 0 Å². The predicted octanol–water partition coefficient (Wildman–Crippen LogP) is 3.46. The van der Waals surface area contributed by atoms with Gasteiger partial charge in [-0.1, -0.05) is 30.3 Å². The van der Waals surface area contributed by atoms with Crippen LogP contribution in [0.15, 0.2) is 48.5 Å². The van der Waals surface area contributed by atoms with Crippen molar-refractivity contribution in [2.75, 3.05) is 31.6 Å². The lowest BCUT2D eigenvalue weighted by molar-refractivity contribution is 0.122.